The molecule has 0 saturated heterocycles. The second kappa shape index (κ2) is 11.3. The molecular weight excluding hydrogens is 466 g/mol. The standard InChI is InChI=1S/C26H32ClN5O3/c1-6-15-31(25(34)28-19-9-13-21(35-5)14-10-19)17-24(33)29-23-16-22(26(2,3)4)30-32(23)20-11-7-18(27)8-12-20/h7-14,16H,6,15,17H2,1-5H3,(H,28,34)(H,29,33). The number of carbonyl (C=O) groups is 2. The van der Waals surface area contributed by atoms with Gasteiger partial charge >= 0.3 is 6.03 Å². The summed E-state index contributed by atoms with van der Waals surface area (Å²) in [7, 11) is 1.58. The predicted molar refractivity (Wildman–Crippen MR) is 140 cm³/mol. The molecule has 0 bridgehead atoms. The van der Waals surface area contributed by atoms with Crippen LogP contribution in [-0.2, 0) is 10.2 Å². The summed E-state index contributed by atoms with van der Waals surface area (Å²) in [6, 6.07) is 15.7. The lowest BCUT2D eigenvalue weighted by Crippen LogP contribution is -2.41. The largest absolute Gasteiger partial charge is 0.497 e. The van der Waals surface area contributed by atoms with Crippen LogP contribution in [0.3, 0.4) is 0 Å². The van der Waals surface area contributed by atoms with Gasteiger partial charge in [0, 0.05) is 28.7 Å². The molecule has 8 nitrogen and oxygen atoms in total. The number of halogens is 1. The molecule has 9 heteroatoms. The highest BCUT2D eigenvalue weighted by Gasteiger charge is 2.23. The predicted octanol–water partition coefficient (Wildman–Crippen LogP) is 5.71. The Labute approximate surface area is 211 Å². The molecule has 186 valence electrons. The number of hydrogen-bond acceptors (Lipinski definition) is 4. The van der Waals surface area contributed by atoms with E-state index in [0.29, 0.717) is 35.2 Å². The van der Waals surface area contributed by atoms with Crippen LogP contribution >= 0.6 is 11.6 Å². The molecule has 0 aliphatic heterocycles. The monoisotopic (exact) mass is 497 g/mol. The van der Waals surface area contributed by atoms with Crippen LogP contribution in [-0.4, -0.2) is 46.8 Å². The number of hydrogen-bond donors (Lipinski definition) is 2. The minimum atomic E-state index is -0.353. The Morgan fingerprint density at radius 3 is 2.29 bits per heavy atom. The van der Waals surface area contributed by atoms with E-state index in [0.717, 1.165) is 11.4 Å². The lowest BCUT2D eigenvalue weighted by Gasteiger charge is -2.22. The van der Waals surface area contributed by atoms with Crippen LogP contribution in [0, 0.1) is 0 Å². The van der Waals surface area contributed by atoms with Gasteiger partial charge in [0.25, 0.3) is 0 Å². The number of nitrogens with zero attached hydrogens (tertiary/aromatic N) is 3. The highest BCUT2D eigenvalue weighted by molar-refractivity contribution is 6.30. The number of anilines is 2. The van der Waals surface area contributed by atoms with Crippen molar-refractivity contribution in [1.82, 2.24) is 14.7 Å². The molecule has 0 aliphatic carbocycles. The number of urea groups is 1. The highest BCUT2D eigenvalue weighted by Crippen LogP contribution is 2.27. The van der Waals surface area contributed by atoms with Crippen molar-refractivity contribution in [2.75, 3.05) is 30.8 Å². The molecule has 2 aromatic carbocycles. The molecule has 0 radical (unpaired) electrons. The van der Waals surface area contributed by atoms with E-state index in [-0.39, 0.29) is 23.9 Å². The Morgan fingerprint density at radius 1 is 1.06 bits per heavy atom. The third-order valence-corrected chi connectivity index (χ3v) is 5.52. The Balaban J connectivity index is 1.77. The second-order valence-electron chi connectivity index (χ2n) is 9.18. The fourth-order valence-corrected chi connectivity index (χ4v) is 3.50. The van der Waals surface area contributed by atoms with E-state index in [1.807, 2.05) is 25.1 Å². The molecule has 1 aromatic heterocycles. The van der Waals surface area contributed by atoms with E-state index in [1.165, 1.54) is 4.90 Å². The zero-order valence-electron chi connectivity index (χ0n) is 20.8. The third-order valence-electron chi connectivity index (χ3n) is 5.27. The van der Waals surface area contributed by atoms with Crippen LogP contribution in [0.15, 0.2) is 54.6 Å². The van der Waals surface area contributed by atoms with Crippen LogP contribution in [0.25, 0.3) is 5.69 Å². The molecule has 3 aromatic rings. The Bertz CT molecular complexity index is 1150. The van der Waals surface area contributed by atoms with Crippen molar-refractivity contribution in [3.63, 3.8) is 0 Å². The zero-order valence-corrected chi connectivity index (χ0v) is 21.5. The van der Waals surface area contributed by atoms with Gasteiger partial charge < -0.3 is 20.3 Å². The molecule has 0 fully saturated rings. The van der Waals surface area contributed by atoms with Crippen molar-refractivity contribution < 1.29 is 14.3 Å². The fraction of sp³-hybridized carbons (Fsp3) is 0.346. The van der Waals surface area contributed by atoms with E-state index in [1.54, 1.807) is 48.2 Å². The van der Waals surface area contributed by atoms with Crippen molar-refractivity contribution in [2.24, 2.45) is 0 Å². The van der Waals surface area contributed by atoms with Gasteiger partial charge in [-0.1, -0.05) is 39.3 Å². The van der Waals surface area contributed by atoms with Crippen LogP contribution < -0.4 is 15.4 Å². The van der Waals surface area contributed by atoms with Crippen LogP contribution in [0.1, 0.15) is 39.8 Å². The SMILES string of the molecule is CCCN(CC(=O)Nc1cc(C(C)(C)C)nn1-c1ccc(Cl)cc1)C(=O)Nc1ccc(OC)cc1. The average molecular weight is 498 g/mol. The van der Waals surface area contributed by atoms with Gasteiger partial charge in [-0.2, -0.15) is 5.10 Å². The molecule has 0 atom stereocenters. The van der Waals surface area contributed by atoms with E-state index in [9.17, 15) is 9.59 Å². The molecule has 3 amide bonds. The number of nitrogens with one attached hydrogen (secondary N) is 2. The number of carbonyl (C=O) groups excluding carboxylic acids is 2. The number of amides is 3. The maximum Gasteiger partial charge on any atom is 0.322 e. The molecule has 35 heavy (non-hydrogen) atoms. The molecular formula is C26H32ClN5O3. The lowest BCUT2D eigenvalue weighted by atomic mass is 9.92. The van der Waals surface area contributed by atoms with Gasteiger partial charge in [0.05, 0.1) is 18.5 Å². The first-order valence-corrected chi connectivity index (χ1v) is 11.8. The Hall–Kier alpha value is -3.52. The van der Waals surface area contributed by atoms with E-state index in [4.69, 9.17) is 21.4 Å². The summed E-state index contributed by atoms with van der Waals surface area (Å²) in [5.74, 6) is 0.896. The minimum absolute atomic E-state index is 0.105. The molecule has 2 N–H and O–H groups in total. The first-order chi connectivity index (χ1) is 16.6. The summed E-state index contributed by atoms with van der Waals surface area (Å²) >= 11 is 6.04. The molecule has 0 spiro atoms. The molecule has 1 heterocycles. The first-order valence-electron chi connectivity index (χ1n) is 11.5. The summed E-state index contributed by atoms with van der Waals surface area (Å²) in [6.45, 7) is 8.45. The number of methoxy groups -OCH3 is 1. The summed E-state index contributed by atoms with van der Waals surface area (Å²) in [5, 5.41) is 11.1. The third kappa shape index (κ3) is 6.99. The Kier molecular flexibility index (Phi) is 8.40. The van der Waals surface area contributed by atoms with Crippen LogP contribution in [0.4, 0.5) is 16.3 Å². The van der Waals surface area contributed by atoms with Gasteiger partial charge in [-0.05, 0) is 55.0 Å². The highest BCUT2D eigenvalue weighted by atomic mass is 35.5. The van der Waals surface area contributed by atoms with Crippen molar-refractivity contribution >= 4 is 35.0 Å². The smallest absolute Gasteiger partial charge is 0.322 e. The topological polar surface area (TPSA) is 88.5 Å². The molecule has 0 unspecified atom stereocenters. The van der Waals surface area contributed by atoms with Gasteiger partial charge in [0.1, 0.15) is 18.1 Å². The van der Waals surface area contributed by atoms with Crippen LogP contribution in [0.5, 0.6) is 5.75 Å². The average Bonchev–Trinajstić information content (AvgIpc) is 3.24. The normalized spacial score (nSPS) is 11.1. The molecule has 3 rings (SSSR count). The molecule has 0 aliphatic rings. The van der Waals surface area contributed by atoms with Gasteiger partial charge in [0.15, 0.2) is 0 Å². The van der Waals surface area contributed by atoms with Gasteiger partial charge in [0.2, 0.25) is 5.91 Å². The lowest BCUT2D eigenvalue weighted by molar-refractivity contribution is -0.116. The van der Waals surface area contributed by atoms with Crippen molar-refractivity contribution in [3.8, 4) is 11.4 Å². The maximum absolute atomic E-state index is 13.0. The second-order valence-corrected chi connectivity index (χ2v) is 9.62. The summed E-state index contributed by atoms with van der Waals surface area (Å²) in [6.07, 6.45) is 0.709. The number of aromatic nitrogens is 2. The first kappa shape index (κ1) is 26.1. The van der Waals surface area contributed by atoms with Crippen molar-refractivity contribution in [3.05, 3.63) is 65.3 Å². The summed E-state index contributed by atoms with van der Waals surface area (Å²) in [5.41, 5.74) is 1.99. The van der Waals surface area contributed by atoms with Gasteiger partial charge in [-0.15, -0.1) is 0 Å². The number of ether oxygens (including phenoxy) is 1. The number of benzene rings is 2. The number of rotatable bonds is 8. The fourth-order valence-electron chi connectivity index (χ4n) is 3.37. The molecule has 0 saturated carbocycles. The summed E-state index contributed by atoms with van der Waals surface area (Å²) < 4.78 is 6.83. The van der Waals surface area contributed by atoms with Crippen LogP contribution in [0.2, 0.25) is 5.02 Å². The van der Waals surface area contributed by atoms with Crippen molar-refractivity contribution in [1.29, 1.82) is 0 Å². The van der Waals surface area contributed by atoms with Crippen molar-refractivity contribution in [2.45, 2.75) is 39.5 Å². The quantitative estimate of drug-likeness (QED) is 0.417. The minimum Gasteiger partial charge on any atom is -0.497 e. The van der Waals surface area contributed by atoms with Gasteiger partial charge in [-0.3, -0.25) is 4.79 Å². The van der Waals surface area contributed by atoms with E-state index >= 15 is 0 Å². The Morgan fingerprint density at radius 2 is 1.71 bits per heavy atom. The zero-order chi connectivity index (χ0) is 25.6. The summed E-state index contributed by atoms with van der Waals surface area (Å²) in [4.78, 5) is 27.4. The van der Waals surface area contributed by atoms with Gasteiger partial charge in [-0.25, -0.2) is 9.48 Å². The maximum atomic E-state index is 13.0. The van der Waals surface area contributed by atoms with E-state index in [2.05, 4.69) is 31.4 Å². The van der Waals surface area contributed by atoms with E-state index < -0.39 is 0 Å².